The number of halogens is 1. The normalized spacial score (nSPS) is 19.7. The van der Waals surface area contributed by atoms with Crippen molar-refractivity contribution < 1.29 is 9.53 Å². The van der Waals surface area contributed by atoms with E-state index in [-0.39, 0.29) is 18.3 Å². The van der Waals surface area contributed by atoms with Gasteiger partial charge in [-0.3, -0.25) is 4.79 Å². The van der Waals surface area contributed by atoms with Crippen molar-refractivity contribution in [2.75, 3.05) is 33.9 Å². The summed E-state index contributed by atoms with van der Waals surface area (Å²) < 4.78 is 4.91. The van der Waals surface area contributed by atoms with Gasteiger partial charge in [-0.15, -0.1) is 12.4 Å². The molecule has 1 aliphatic heterocycles. The lowest BCUT2D eigenvalue weighted by Gasteiger charge is -2.23. The summed E-state index contributed by atoms with van der Waals surface area (Å²) in [6.07, 6.45) is 2.49. The van der Waals surface area contributed by atoms with Crippen LogP contribution in [0.5, 0.6) is 0 Å². The van der Waals surface area contributed by atoms with E-state index in [0.29, 0.717) is 19.1 Å². The van der Waals surface area contributed by atoms with E-state index < -0.39 is 0 Å². The monoisotopic (exact) mass is 236 g/mol. The fourth-order valence-corrected chi connectivity index (χ4v) is 1.72. The Morgan fingerprint density at radius 3 is 2.87 bits per heavy atom. The van der Waals surface area contributed by atoms with E-state index in [2.05, 4.69) is 5.32 Å². The van der Waals surface area contributed by atoms with Gasteiger partial charge in [0.15, 0.2) is 0 Å². The number of carbonyl (C=O) groups excluding carboxylic acids is 1. The first-order chi connectivity index (χ1) is 6.75. The van der Waals surface area contributed by atoms with Gasteiger partial charge in [-0.1, -0.05) is 0 Å². The smallest absolute Gasteiger partial charge is 0.222 e. The van der Waals surface area contributed by atoms with Crippen molar-refractivity contribution in [2.45, 2.75) is 25.3 Å². The summed E-state index contributed by atoms with van der Waals surface area (Å²) in [5.41, 5.74) is 0. The van der Waals surface area contributed by atoms with Crippen LogP contribution in [0.1, 0.15) is 19.3 Å². The summed E-state index contributed by atoms with van der Waals surface area (Å²) in [5.74, 6) is 0.232. The highest BCUT2D eigenvalue weighted by molar-refractivity contribution is 5.85. The zero-order valence-electron chi connectivity index (χ0n) is 9.49. The molecule has 1 aliphatic rings. The Balaban J connectivity index is 0.00000196. The van der Waals surface area contributed by atoms with Crippen molar-refractivity contribution >= 4 is 18.3 Å². The molecular weight excluding hydrogens is 216 g/mol. The number of rotatable bonds is 5. The van der Waals surface area contributed by atoms with Gasteiger partial charge in [0, 0.05) is 39.8 Å². The highest BCUT2D eigenvalue weighted by atomic mass is 35.5. The predicted molar refractivity (Wildman–Crippen MR) is 62.4 cm³/mol. The summed E-state index contributed by atoms with van der Waals surface area (Å²) in [6, 6.07) is 0.394. The fourth-order valence-electron chi connectivity index (χ4n) is 1.72. The number of ether oxygens (including phenoxy) is 1. The minimum Gasteiger partial charge on any atom is -0.385 e. The maximum Gasteiger partial charge on any atom is 0.222 e. The maximum atomic E-state index is 11.6. The molecule has 0 aromatic heterocycles. The van der Waals surface area contributed by atoms with E-state index in [0.717, 1.165) is 25.9 Å². The molecule has 1 saturated heterocycles. The molecule has 0 saturated carbocycles. The number of amides is 1. The number of nitrogens with zero attached hydrogens (tertiary/aromatic N) is 1. The molecule has 1 N–H and O–H groups in total. The first-order valence-corrected chi connectivity index (χ1v) is 5.21. The van der Waals surface area contributed by atoms with Gasteiger partial charge in [-0.05, 0) is 19.4 Å². The molecule has 0 bridgehead atoms. The van der Waals surface area contributed by atoms with Crippen LogP contribution in [0.2, 0.25) is 0 Å². The van der Waals surface area contributed by atoms with E-state index in [1.165, 1.54) is 0 Å². The second kappa shape index (κ2) is 7.91. The molecular formula is C10H21ClN2O2. The van der Waals surface area contributed by atoms with Crippen LogP contribution in [0.3, 0.4) is 0 Å². The lowest BCUT2D eigenvalue weighted by atomic mass is 10.2. The topological polar surface area (TPSA) is 41.6 Å². The predicted octanol–water partition coefficient (Wildman–Crippen LogP) is 0.655. The van der Waals surface area contributed by atoms with Gasteiger partial charge in [0.1, 0.15) is 0 Å². The standard InChI is InChI=1S/C10H20N2O2.ClH/c1-12(9-5-6-11-8-9)10(13)4-3-7-14-2;/h9,11H,3-8H2,1-2H3;1H. The van der Waals surface area contributed by atoms with E-state index in [1.54, 1.807) is 7.11 Å². The summed E-state index contributed by atoms with van der Waals surface area (Å²) in [7, 11) is 3.56. The number of hydrogen-bond acceptors (Lipinski definition) is 3. The van der Waals surface area contributed by atoms with Crippen LogP contribution >= 0.6 is 12.4 Å². The number of methoxy groups -OCH3 is 1. The van der Waals surface area contributed by atoms with Gasteiger partial charge in [-0.25, -0.2) is 0 Å². The van der Waals surface area contributed by atoms with Crippen LogP contribution in [-0.4, -0.2) is 50.7 Å². The van der Waals surface area contributed by atoms with Crippen LogP contribution in [-0.2, 0) is 9.53 Å². The SMILES string of the molecule is COCCCC(=O)N(C)C1CCNC1.Cl. The van der Waals surface area contributed by atoms with E-state index >= 15 is 0 Å². The van der Waals surface area contributed by atoms with E-state index in [1.807, 2.05) is 11.9 Å². The van der Waals surface area contributed by atoms with Gasteiger partial charge in [0.05, 0.1) is 0 Å². The molecule has 0 aliphatic carbocycles. The van der Waals surface area contributed by atoms with Crippen molar-refractivity contribution in [3.05, 3.63) is 0 Å². The molecule has 0 spiro atoms. The number of likely N-dealkylation sites (N-methyl/N-ethyl adjacent to an activating group) is 1. The largest absolute Gasteiger partial charge is 0.385 e. The van der Waals surface area contributed by atoms with E-state index in [4.69, 9.17) is 4.74 Å². The Morgan fingerprint density at radius 1 is 1.60 bits per heavy atom. The first kappa shape index (κ1) is 14.7. The molecule has 5 heteroatoms. The van der Waals surface area contributed by atoms with Crippen LogP contribution in [0.25, 0.3) is 0 Å². The number of nitrogens with one attached hydrogen (secondary N) is 1. The van der Waals surface area contributed by atoms with Gasteiger partial charge < -0.3 is 15.0 Å². The summed E-state index contributed by atoms with van der Waals surface area (Å²) in [5, 5.41) is 3.26. The highest BCUT2D eigenvalue weighted by Gasteiger charge is 2.22. The quantitative estimate of drug-likeness (QED) is 0.713. The molecule has 1 fully saturated rings. The Labute approximate surface area is 97.8 Å². The minimum absolute atomic E-state index is 0. The third kappa shape index (κ3) is 4.82. The van der Waals surface area contributed by atoms with Crippen LogP contribution in [0, 0.1) is 0 Å². The summed E-state index contributed by atoms with van der Waals surface area (Å²) >= 11 is 0. The van der Waals surface area contributed by atoms with Gasteiger partial charge in [0.2, 0.25) is 5.91 Å². The molecule has 0 aromatic carbocycles. The lowest BCUT2D eigenvalue weighted by molar-refractivity contribution is -0.131. The zero-order chi connectivity index (χ0) is 10.4. The highest BCUT2D eigenvalue weighted by Crippen LogP contribution is 2.08. The number of hydrogen-bond donors (Lipinski definition) is 1. The van der Waals surface area contributed by atoms with Crippen molar-refractivity contribution in [1.29, 1.82) is 0 Å². The van der Waals surface area contributed by atoms with Gasteiger partial charge >= 0.3 is 0 Å². The fraction of sp³-hybridized carbons (Fsp3) is 0.900. The second-order valence-electron chi connectivity index (χ2n) is 3.75. The third-order valence-electron chi connectivity index (χ3n) is 2.71. The summed E-state index contributed by atoms with van der Waals surface area (Å²) in [6.45, 7) is 2.63. The van der Waals surface area contributed by atoms with Crippen molar-refractivity contribution in [3.63, 3.8) is 0 Å². The lowest BCUT2D eigenvalue weighted by Crippen LogP contribution is -2.38. The van der Waals surface area contributed by atoms with Crippen molar-refractivity contribution in [1.82, 2.24) is 10.2 Å². The molecule has 0 radical (unpaired) electrons. The van der Waals surface area contributed by atoms with Gasteiger partial charge in [0.25, 0.3) is 0 Å². The Bertz CT molecular complexity index is 184. The molecule has 1 amide bonds. The molecule has 4 nitrogen and oxygen atoms in total. The molecule has 1 heterocycles. The molecule has 1 atom stereocenters. The second-order valence-corrected chi connectivity index (χ2v) is 3.75. The average Bonchev–Trinajstić information content (AvgIpc) is 2.69. The Hall–Kier alpha value is -0.320. The first-order valence-electron chi connectivity index (χ1n) is 5.21. The molecule has 1 unspecified atom stereocenters. The molecule has 90 valence electrons. The Kier molecular flexibility index (Phi) is 7.74. The average molecular weight is 237 g/mol. The van der Waals surface area contributed by atoms with E-state index in [9.17, 15) is 4.79 Å². The summed E-state index contributed by atoms with van der Waals surface area (Å²) in [4.78, 5) is 13.5. The molecule has 0 aromatic rings. The maximum absolute atomic E-state index is 11.6. The Morgan fingerprint density at radius 2 is 2.33 bits per heavy atom. The molecule has 1 rings (SSSR count). The minimum atomic E-state index is 0. The van der Waals surface area contributed by atoms with Crippen molar-refractivity contribution in [2.24, 2.45) is 0 Å². The van der Waals surface area contributed by atoms with Crippen LogP contribution in [0.4, 0.5) is 0 Å². The van der Waals surface area contributed by atoms with Crippen molar-refractivity contribution in [3.8, 4) is 0 Å². The van der Waals surface area contributed by atoms with Gasteiger partial charge in [-0.2, -0.15) is 0 Å². The van der Waals surface area contributed by atoms with Crippen LogP contribution < -0.4 is 5.32 Å². The zero-order valence-corrected chi connectivity index (χ0v) is 10.3. The third-order valence-corrected chi connectivity index (χ3v) is 2.71. The molecule has 15 heavy (non-hydrogen) atoms. The number of carbonyl (C=O) groups is 1. The van der Waals surface area contributed by atoms with Crippen LogP contribution in [0.15, 0.2) is 0 Å².